The maximum absolute atomic E-state index is 14.7. The summed E-state index contributed by atoms with van der Waals surface area (Å²) in [5.41, 5.74) is 12.3. The van der Waals surface area contributed by atoms with E-state index in [0.717, 1.165) is 102 Å². The van der Waals surface area contributed by atoms with Gasteiger partial charge in [-0.3, -0.25) is 39.2 Å². The SMILES string of the molecule is COc1cc(N2CCN([C@@H]3CCN(C)C[C@@H]3F)CC2)ccc1N.COc1cc(N2CCN([C@@H]3CCN(C)C[C@@H]3F)CC2)ccc1Nc1ncc(Cl)c(Nc2ccc3nccnc3c2NS(C)(=O)=O)n1.CS(=O)(=O)Nc1c(Nc2nc(Cl)ncc2Cl)ccc2nccnc12. The summed E-state index contributed by atoms with van der Waals surface area (Å²) >= 11 is 18.3. The Morgan fingerprint density at radius 3 is 1.45 bits per heavy atom. The maximum Gasteiger partial charge on any atom is 0.229 e. The molecule has 0 spiro atoms. The third kappa shape index (κ3) is 17.5. The number of methoxy groups -OCH3 is 2. The van der Waals surface area contributed by atoms with Crippen LogP contribution in [-0.4, -0.2) is 220 Å². The van der Waals surface area contributed by atoms with Gasteiger partial charge in [0.05, 0.1) is 84.3 Å². The number of likely N-dealkylation sites (tertiary alicyclic amines) is 2. The molecule has 8 heterocycles. The number of hydrogen-bond donors (Lipinski definition) is 6. The molecule has 496 valence electrons. The number of hydrogen-bond acceptors (Lipinski definition) is 24. The zero-order valence-corrected chi connectivity index (χ0v) is 55.8. The molecule has 4 saturated heterocycles. The number of sulfonamides is 2. The van der Waals surface area contributed by atoms with E-state index in [9.17, 15) is 25.6 Å². The van der Waals surface area contributed by atoms with Gasteiger partial charge in [-0.05, 0) is 100 Å². The number of rotatable bonds is 16. The van der Waals surface area contributed by atoms with Crippen LogP contribution in [0.25, 0.3) is 22.1 Å². The quantitative estimate of drug-likeness (QED) is 0.0391. The Labute approximate surface area is 553 Å². The minimum atomic E-state index is -3.65. The highest BCUT2D eigenvalue weighted by Crippen LogP contribution is 2.38. The van der Waals surface area contributed by atoms with Crippen LogP contribution in [0.5, 0.6) is 11.5 Å². The van der Waals surface area contributed by atoms with Crippen LogP contribution in [0.1, 0.15) is 12.8 Å². The van der Waals surface area contributed by atoms with Crippen LogP contribution in [0.3, 0.4) is 0 Å². The number of nitrogens with two attached hydrogens (primary N) is 1. The summed E-state index contributed by atoms with van der Waals surface area (Å²) in [7, 11) is -0.0000668. The normalized spacial score (nSPS) is 19.4. The van der Waals surface area contributed by atoms with Crippen molar-refractivity contribution in [3.63, 3.8) is 0 Å². The van der Waals surface area contributed by atoms with Crippen LogP contribution >= 0.6 is 34.8 Å². The van der Waals surface area contributed by atoms with Crippen molar-refractivity contribution in [3.8, 4) is 11.5 Å². The van der Waals surface area contributed by atoms with Gasteiger partial charge in [-0.25, -0.2) is 35.6 Å². The summed E-state index contributed by atoms with van der Waals surface area (Å²) in [4.78, 5) is 46.9. The first-order chi connectivity index (χ1) is 44.5. The average Bonchev–Trinajstić information content (AvgIpc) is 0.858. The van der Waals surface area contributed by atoms with Crippen molar-refractivity contribution >= 4 is 140 Å². The Balaban J connectivity index is 0.000000169. The number of halogens is 5. The lowest BCUT2D eigenvalue weighted by atomic mass is 10.0. The summed E-state index contributed by atoms with van der Waals surface area (Å²) in [6, 6.07) is 18.5. The molecule has 26 nitrogen and oxygen atoms in total. The van der Waals surface area contributed by atoms with Gasteiger partial charge in [-0.15, -0.1) is 0 Å². The highest BCUT2D eigenvalue weighted by Gasteiger charge is 2.36. The van der Waals surface area contributed by atoms with Gasteiger partial charge in [0.15, 0.2) is 11.6 Å². The summed E-state index contributed by atoms with van der Waals surface area (Å²) in [6.07, 6.45) is 11.1. The number of benzene rings is 4. The number of fused-ring (bicyclic) bond motifs is 2. The van der Waals surface area contributed by atoms with E-state index in [1.54, 1.807) is 38.5 Å². The van der Waals surface area contributed by atoms with Gasteiger partial charge in [-0.2, -0.15) is 9.97 Å². The second kappa shape index (κ2) is 30.1. The molecule has 7 N–H and O–H groups in total. The topological polar surface area (TPSA) is 295 Å². The molecule has 0 bridgehead atoms. The van der Waals surface area contributed by atoms with Gasteiger partial charge < -0.3 is 50.8 Å². The Morgan fingerprint density at radius 1 is 0.538 bits per heavy atom. The smallest absolute Gasteiger partial charge is 0.229 e. The Morgan fingerprint density at radius 2 is 0.978 bits per heavy atom. The molecule has 4 aliphatic heterocycles. The van der Waals surface area contributed by atoms with Gasteiger partial charge in [0.2, 0.25) is 31.3 Å². The van der Waals surface area contributed by atoms with Gasteiger partial charge in [0.25, 0.3) is 0 Å². The van der Waals surface area contributed by atoms with Crippen LogP contribution < -0.4 is 50.4 Å². The molecule has 0 aliphatic carbocycles. The highest BCUT2D eigenvalue weighted by atomic mass is 35.5. The number of nitrogen functional groups attached to an aromatic ring is 1. The van der Waals surface area contributed by atoms with E-state index in [4.69, 9.17) is 50.0 Å². The lowest BCUT2D eigenvalue weighted by Gasteiger charge is -2.44. The number of aromatic nitrogens is 8. The fourth-order valence-corrected chi connectivity index (χ4v) is 13.2. The fourth-order valence-electron chi connectivity index (χ4n) is 11.6. The molecule has 0 radical (unpaired) electrons. The van der Waals surface area contributed by atoms with Crippen molar-refractivity contribution in [2.45, 2.75) is 37.3 Å². The third-order valence-corrected chi connectivity index (χ3v) is 18.1. The van der Waals surface area contributed by atoms with Crippen molar-refractivity contribution in [1.29, 1.82) is 0 Å². The Kier molecular flexibility index (Phi) is 22.0. The zero-order valence-electron chi connectivity index (χ0n) is 51.9. The summed E-state index contributed by atoms with van der Waals surface area (Å²) in [5, 5.41) is 9.68. The lowest BCUT2D eigenvalue weighted by molar-refractivity contribution is 0.0405. The van der Waals surface area contributed by atoms with Crippen LogP contribution in [0.15, 0.2) is 97.8 Å². The van der Waals surface area contributed by atoms with Gasteiger partial charge in [0, 0.05) is 126 Å². The second-order valence-corrected chi connectivity index (χ2v) is 27.4. The molecule has 0 amide bonds. The minimum Gasteiger partial charge on any atom is -0.495 e. The number of piperazine rings is 2. The van der Waals surface area contributed by atoms with Gasteiger partial charge >= 0.3 is 0 Å². The molecule has 4 aromatic carbocycles. The lowest BCUT2D eigenvalue weighted by Crippen LogP contribution is -2.57. The van der Waals surface area contributed by atoms with E-state index in [0.29, 0.717) is 69.4 Å². The van der Waals surface area contributed by atoms with Crippen molar-refractivity contribution in [3.05, 3.63) is 113 Å². The van der Waals surface area contributed by atoms with E-state index in [1.165, 1.54) is 37.2 Å². The van der Waals surface area contributed by atoms with Crippen LogP contribution in [0, 0.1) is 0 Å². The Bertz CT molecular complexity index is 4170. The molecular weight excluding hydrogens is 1310 g/mol. The first kappa shape index (κ1) is 68.1. The van der Waals surface area contributed by atoms with E-state index in [-0.39, 0.29) is 56.4 Å². The van der Waals surface area contributed by atoms with Gasteiger partial charge in [0.1, 0.15) is 44.9 Å². The number of nitrogens with one attached hydrogen (secondary N) is 5. The molecule has 4 aliphatic rings. The van der Waals surface area contributed by atoms with Crippen molar-refractivity contribution < 1.29 is 35.1 Å². The van der Waals surface area contributed by atoms with Crippen LogP contribution in [-0.2, 0) is 20.0 Å². The first-order valence-electron chi connectivity index (χ1n) is 29.7. The summed E-state index contributed by atoms with van der Waals surface area (Å²) in [6.45, 7) is 9.77. The number of nitrogens with zero attached hydrogens (tertiary/aromatic N) is 14. The zero-order chi connectivity index (χ0) is 66.1. The molecule has 0 unspecified atom stereocenters. The highest BCUT2D eigenvalue weighted by molar-refractivity contribution is 7.92. The van der Waals surface area contributed by atoms with Crippen LogP contribution in [0.4, 0.5) is 71.9 Å². The fraction of sp³-hybridized carbons (Fsp3) is 0.400. The second-order valence-electron chi connectivity index (χ2n) is 22.8. The molecule has 33 heteroatoms. The Hall–Kier alpha value is -7.81. The molecule has 12 rings (SSSR count). The van der Waals surface area contributed by atoms with E-state index in [1.807, 2.05) is 50.5 Å². The minimum absolute atomic E-state index is 0.0000954. The predicted molar refractivity (Wildman–Crippen MR) is 365 cm³/mol. The molecule has 4 aromatic heterocycles. The molecule has 93 heavy (non-hydrogen) atoms. The first-order valence-corrected chi connectivity index (χ1v) is 34.6. The molecule has 4 fully saturated rings. The van der Waals surface area contributed by atoms with E-state index >= 15 is 0 Å². The standard InChI is InChI=1S/C30H36ClFN10O3S.C17H27FN4O.C13H10Cl2N6O2S/c1-40-11-8-25(21(32)18-40)42-14-12-41(13-15-42)19-4-5-22(26(16-19)45-2)37-30-35-17-20(31)29(38-30)36-24-7-6-23-27(34-10-9-33-23)28(24)39-46(3,43)44;1-20-6-5-16(14(18)12-20)22-9-7-21(8-10-22)13-3-4-15(19)17(11-13)23-2;1-24(22,23)21-11-9(3-2-8-10(11)17-5-4-16-8)19-12-7(14)6-18-13(15)20-12/h4-7,9-10,16-17,21,25,39H,8,11-15,18H2,1-3H3,(H2,35,36,37,38);3-4,11,14,16H,5-10,12,19H2,1-2H3;2-6,21H,1H3,(H,18,19,20)/t21-,25+;14-,16+;/m00./s1. The maximum atomic E-state index is 14.7. The summed E-state index contributed by atoms with van der Waals surface area (Å²) in [5.74, 6) is 2.02. The summed E-state index contributed by atoms with van der Waals surface area (Å²) < 4.78 is 92.8. The molecule has 0 saturated carbocycles. The van der Waals surface area contributed by atoms with Crippen molar-refractivity contribution in [2.75, 3.05) is 160 Å². The number of piperidine rings is 2. The largest absolute Gasteiger partial charge is 0.495 e. The van der Waals surface area contributed by atoms with Crippen LogP contribution in [0.2, 0.25) is 15.3 Å². The van der Waals surface area contributed by atoms with E-state index in [2.05, 4.69) is 94.7 Å². The average molecular weight is 1380 g/mol. The monoisotopic (exact) mass is 1380 g/mol. The third-order valence-electron chi connectivity index (χ3n) is 16.2. The number of anilines is 11. The molecule has 4 atom stereocenters. The van der Waals surface area contributed by atoms with Gasteiger partial charge in [-0.1, -0.05) is 23.2 Å². The number of ether oxygens (including phenoxy) is 2. The predicted octanol–water partition coefficient (Wildman–Crippen LogP) is 8.39. The molecular formula is C60H73Cl3F2N20O6S2. The van der Waals surface area contributed by atoms with Crippen molar-refractivity contribution in [1.82, 2.24) is 59.5 Å². The van der Waals surface area contributed by atoms with Crippen molar-refractivity contribution in [2.24, 2.45) is 0 Å². The molecule has 8 aromatic rings. The number of alkyl halides is 2. The van der Waals surface area contributed by atoms with E-state index < -0.39 is 32.4 Å².